The zero-order valence-electron chi connectivity index (χ0n) is 31.2. The molecule has 2 rings (SSSR count). The highest BCUT2D eigenvalue weighted by Gasteiger charge is 2.43. The molecular formula is C35H63N7O6. The molecule has 0 aromatic carbocycles. The number of imidazole rings is 1. The predicted molar refractivity (Wildman–Crippen MR) is 186 cm³/mol. The van der Waals surface area contributed by atoms with E-state index >= 15 is 0 Å². The van der Waals surface area contributed by atoms with Gasteiger partial charge in [-0.15, -0.1) is 0 Å². The minimum absolute atomic E-state index is 0.00748. The zero-order valence-corrected chi connectivity index (χ0v) is 31.2. The van der Waals surface area contributed by atoms with Gasteiger partial charge in [0.25, 0.3) is 0 Å². The lowest BCUT2D eigenvalue weighted by molar-refractivity contribution is -0.147. The molecule has 274 valence electrons. The van der Waals surface area contributed by atoms with Gasteiger partial charge in [-0.1, -0.05) is 54.9 Å². The smallest absolute Gasteiger partial charge is 0.245 e. The van der Waals surface area contributed by atoms with Crippen molar-refractivity contribution in [1.82, 2.24) is 35.3 Å². The maximum absolute atomic E-state index is 14.1. The van der Waals surface area contributed by atoms with Crippen molar-refractivity contribution in [1.29, 1.82) is 0 Å². The van der Waals surface area contributed by atoms with E-state index in [1.54, 1.807) is 45.7 Å². The number of rotatable bonds is 20. The maximum Gasteiger partial charge on any atom is 0.245 e. The normalized spacial score (nSPS) is 19.4. The minimum Gasteiger partial charge on any atom is -0.379 e. The van der Waals surface area contributed by atoms with Crippen LogP contribution in [0.5, 0.6) is 0 Å². The van der Waals surface area contributed by atoms with Crippen LogP contribution in [-0.4, -0.2) is 121 Å². The molecular weight excluding hydrogens is 614 g/mol. The van der Waals surface area contributed by atoms with Crippen LogP contribution in [0.2, 0.25) is 0 Å². The Morgan fingerprint density at radius 3 is 2.19 bits per heavy atom. The van der Waals surface area contributed by atoms with Crippen molar-refractivity contribution >= 4 is 23.6 Å². The van der Waals surface area contributed by atoms with Crippen molar-refractivity contribution in [2.45, 2.75) is 117 Å². The van der Waals surface area contributed by atoms with E-state index in [1.165, 1.54) is 0 Å². The largest absolute Gasteiger partial charge is 0.379 e. The highest BCUT2D eigenvalue weighted by molar-refractivity contribution is 5.90. The van der Waals surface area contributed by atoms with E-state index in [-0.39, 0.29) is 53.8 Å². The zero-order chi connectivity index (χ0) is 36.1. The van der Waals surface area contributed by atoms with E-state index in [1.807, 2.05) is 57.2 Å². The number of aromatic nitrogens is 2. The molecule has 13 nitrogen and oxygen atoms in total. The Hall–Kier alpha value is -3.03. The molecule has 1 aromatic rings. The molecule has 2 heterocycles. The summed E-state index contributed by atoms with van der Waals surface area (Å²) in [6.07, 6.45) is 6.52. The highest BCUT2D eigenvalue weighted by Crippen LogP contribution is 2.29. The summed E-state index contributed by atoms with van der Waals surface area (Å²) < 4.78 is 13.8. The predicted octanol–water partition coefficient (Wildman–Crippen LogP) is 2.30. The third-order valence-corrected chi connectivity index (χ3v) is 9.98. The number of hydrogen-bond donors (Lipinski definition) is 3. The molecule has 8 atom stereocenters. The van der Waals surface area contributed by atoms with Crippen molar-refractivity contribution in [2.75, 3.05) is 41.4 Å². The van der Waals surface area contributed by atoms with Gasteiger partial charge in [-0.3, -0.25) is 19.2 Å². The first-order valence-corrected chi connectivity index (χ1v) is 17.6. The van der Waals surface area contributed by atoms with Crippen LogP contribution in [0.25, 0.3) is 0 Å². The number of likely N-dealkylation sites (tertiary alicyclic amines) is 1. The molecule has 1 aromatic heterocycles. The number of nitrogens with zero attached hydrogens (tertiary/aromatic N) is 4. The van der Waals surface area contributed by atoms with Crippen LogP contribution in [0.1, 0.15) is 74.1 Å². The molecule has 1 unspecified atom stereocenters. The van der Waals surface area contributed by atoms with Crippen molar-refractivity contribution in [3.63, 3.8) is 0 Å². The van der Waals surface area contributed by atoms with Crippen molar-refractivity contribution in [3.05, 3.63) is 18.7 Å². The number of hydrogen-bond acceptors (Lipinski definition) is 8. The average Bonchev–Trinajstić information content (AvgIpc) is 3.76. The van der Waals surface area contributed by atoms with E-state index in [0.717, 1.165) is 19.3 Å². The fourth-order valence-corrected chi connectivity index (χ4v) is 6.94. The van der Waals surface area contributed by atoms with E-state index in [2.05, 4.69) is 27.9 Å². The summed E-state index contributed by atoms with van der Waals surface area (Å²) in [6, 6.07) is -1.86. The fraction of sp³-hybridized carbons (Fsp3) is 0.800. The molecule has 0 spiro atoms. The quantitative estimate of drug-likeness (QED) is 0.191. The molecule has 0 radical (unpaired) electrons. The van der Waals surface area contributed by atoms with Gasteiger partial charge in [0.1, 0.15) is 6.04 Å². The van der Waals surface area contributed by atoms with Gasteiger partial charge in [-0.2, -0.15) is 0 Å². The second-order valence-electron chi connectivity index (χ2n) is 13.9. The summed E-state index contributed by atoms with van der Waals surface area (Å²) in [6.45, 7) is 15.3. The van der Waals surface area contributed by atoms with Crippen molar-refractivity contribution < 1.29 is 28.7 Å². The Labute approximate surface area is 288 Å². The SMILES string of the molecule is CC[C@H](C)[C@@H]([C@@H](CC(=O)N1CCC[C@H]1[C@H](OC)[C@@H](C)C(=O)NCCn1ccnc1)OC)N(C)C(=O)C(NC(=O)[C@@H](NC)C(C)C)C(C)C. The van der Waals surface area contributed by atoms with Gasteiger partial charge in [-0.25, -0.2) is 4.98 Å². The number of methoxy groups -OCH3 is 2. The number of carbonyl (C=O) groups excluding carboxylic acids is 4. The molecule has 0 bridgehead atoms. The fourth-order valence-electron chi connectivity index (χ4n) is 6.94. The second kappa shape index (κ2) is 19.8. The molecule has 1 aliphatic heterocycles. The van der Waals surface area contributed by atoms with Crippen molar-refractivity contribution in [2.24, 2.45) is 23.7 Å². The van der Waals surface area contributed by atoms with E-state index in [0.29, 0.717) is 19.6 Å². The molecule has 0 saturated carbocycles. The summed E-state index contributed by atoms with van der Waals surface area (Å²) in [5.74, 6) is -1.26. The van der Waals surface area contributed by atoms with Crippen LogP contribution >= 0.6 is 0 Å². The van der Waals surface area contributed by atoms with Gasteiger partial charge in [0.2, 0.25) is 23.6 Å². The molecule has 1 saturated heterocycles. The monoisotopic (exact) mass is 677 g/mol. The third-order valence-electron chi connectivity index (χ3n) is 9.98. The molecule has 4 amide bonds. The number of nitrogens with one attached hydrogen (secondary N) is 3. The van der Waals surface area contributed by atoms with Crippen LogP contribution in [0.3, 0.4) is 0 Å². The number of likely N-dealkylation sites (N-methyl/N-ethyl adjacent to an activating group) is 2. The molecule has 0 aliphatic carbocycles. The standard InChI is InChI=1S/C35H63N7O6/c1-12-24(6)31(40(9)35(46)30(23(4)5)39-34(45)29(36-8)22(2)3)27(47-10)20-28(43)42-17-13-14-26(42)32(48-11)25(7)33(44)38-16-19-41-18-15-37-21-41/h15,18,21-27,29-32,36H,12-14,16-17,19-20H2,1-11H3,(H,38,44)(H,39,45)/t24-,25+,26-,27+,29-,30?,31-,32+/m0/s1. The van der Waals surface area contributed by atoms with Crippen LogP contribution in [0.4, 0.5) is 0 Å². The lowest BCUT2D eigenvalue weighted by atomic mass is 9.89. The van der Waals surface area contributed by atoms with E-state index in [4.69, 9.17) is 9.47 Å². The van der Waals surface area contributed by atoms with Gasteiger partial charge in [0.05, 0.1) is 49.0 Å². The molecule has 1 aliphatic rings. The first-order chi connectivity index (χ1) is 22.7. The summed E-state index contributed by atoms with van der Waals surface area (Å²) >= 11 is 0. The first-order valence-electron chi connectivity index (χ1n) is 17.6. The Morgan fingerprint density at radius 1 is 1.00 bits per heavy atom. The summed E-state index contributed by atoms with van der Waals surface area (Å²) in [5, 5.41) is 9.02. The van der Waals surface area contributed by atoms with Crippen LogP contribution in [-0.2, 0) is 35.2 Å². The lowest BCUT2D eigenvalue weighted by Crippen LogP contribution is -2.59. The van der Waals surface area contributed by atoms with Gasteiger partial charge >= 0.3 is 0 Å². The molecule has 3 N–H and O–H groups in total. The first kappa shape index (κ1) is 41.1. The highest BCUT2D eigenvalue weighted by atomic mass is 16.5. The Bertz CT molecular complexity index is 1150. The molecule has 13 heteroatoms. The van der Waals surface area contributed by atoms with Gasteiger partial charge < -0.3 is 39.8 Å². The van der Waals surface area contributed by atoms with Crippen LogP contribution in [0.15, 0.2) is 18.7 Å². The Morgan fingerprint density at radius 2 is 1.67 bits per heavy atom. The Balaban J connectivity index is 2.20. The topological polar surface area (TPSA) is 147 Å². The van der Waals surface area contributed by atoms with Crippen LogP contribution < -0.4 is 16.0 Å². The van der Waals surface area contributed by atoms with Gasteiger partial charge in [-0.05, 0) is 37.6 Å². The van der Waals surface area contributed by atoms with Gasteiger partial charge in [0, 0.05) is 53.3 Å². The van der Waals surface area contributed by atoms with Gasteiger partial charge in [0.15, 0.2) is 0 Å². The second-order valence-corrected chi connectivity index (χ2v) is 13.9. The number of ether oxygens (including phenoxy) is 2. The molecule has 48 heavy (non-hydrogen) atoms. The average molecular weight is 678 g/mol. The summed E-state index contributed by atoms with van der Waals surface area (Å²) in [4.78, 5) is 61.9. The maximum atomic E-state index is 14.1. The summed E-state index contributed by atoms with van der Waals surface area (Å²) in [5.41, 5.74) is 0. The number of amides is 4. The minimum atomic E-state index is -0.741. The van der Waals surface area contributed by atoms with E-state index < -0.39 is 36.3 Å². The Kier molecular flexibility index (Phi) is 17.0. The summed E-state index contributed by atoms with van der Waals surface area (Å²) in [7, 11) is 6.63. The van der Waals surface area contributed by atoms with E-state index in [9.17, 15) is 19.2 Å². The lowest BCUT2D eigenvalue weighted by Gasteiger charge is -2.41. The third kappa shape index (κ3) is 10.7. The van der Waals surface area contributed by atoms with Crippen LogP contribution in [0, 0.1) is 23.7 Å². The van der Waals surface area contributed by atoms with Crippen molar-refractivity contribution in [3.8, 4) is 0 Å². The number of carbonyl (C=O) groups is 4. The molecule has 1 fully saturated rings.